The van der Waals surface area contributed by atoms with Crippen LogP contribution in [0.3, 0.4) is 0 Å². The van der Waals surface area contributed by atoms with Crippen molar-refractivity contribution in [2.24, 2.45) is 0 Å². The van der Waals surface area contributed by atoms with Gasteiger partial charge in [0.25, 0.3) is 0 Å². The maximum Gasteiger partial charge on any atom is 0.318 e. The molecule has 0 bridgehead atoms. The zero-order chi connectivity index (χ0) is 12.5. The van der Waals surface area contributed by atoms with Gasteiger partial charge in [0.2, 0.25) is 5.89 Å². The van der Waals surface area contributed by atoms with E-state index in [1.54, 1.807) is 18.7 Å². The summed E-state index contributed by atoms with van der Waals surface area (Å²) in [6, 6.07) is 1.07. The third-order valence-corrected chi connectivity index (χ3v) is 2.53. The molecule has 0 aromatic carbocycles. The number of nitrogens with one attached hydrogen (secondary N) is 1. The SMILES string of the molecule is CN(CC(C)(C)O)c1nnc(CNC2CC2)o1. The van der Waals surface area contributed by atoms with Crippen molar-refractivity contribution >= 4 is 6.01 Å². The van der Waals surface area contributed by atoms with Crippen LogP contribution in [0.15, 0.2) is 4.42 Å². The maximum absolute atomic E-state index is 9.70. The first-order chi connectivity index (χ1) is 7.94. The maximum atomic E-state index is 9.70. The number of likely N-dealkylation sites (N-methyl/N-ethyl adjacent to an activating group) is 1. The fourth-order valence-electron chi connectivity index (χ4n) is 1.64. The Labute approximate surface area is 101 Å². The molecule has 1 aromatic heterocycles. The Hall–Kier alpha value is -1.14. The second-order valence-corrected chi connectivity index (χ2v) is 5.30. The van der Waals surface area contributed by atoms with Crippen molar-refractivity contribution in [2.75, 3.05) is 18.5 Å². The molecule has 0 amide bonds. The Morgan fingerprint density at radius 2 is 2.18 bits per heavy atom. The second kappa shape index (κ2) is 4.62. The van der Waals surface area contributed by atoms with Crippen LogP contribution in [0.1, 0.15) is 32.6 Å². The Bertz CT molecular complexity index is 368. The quantitative estimate of drug-likeness (QED) is 0.755. The lowest BCUT2D eigenvalue weighted by molar-refractivity contribution is 0.0874. The number of aliphatic hydroxyl groups is 1. The molecule has 1 saturated carbocycles. The fraction of sp³-hybridized carbons (Fsp3) is 0.818. The molecule has 6 heteroatoms. The van der Waals surface area contributed by atoms with Gasteiger partial charge in [0, 0.05) is 13.1 Å². The molecule has 1 fully saturated rings. The summed E-state index contributed by atoms with van der Waals surface area (Å²) < 4.78 is 5.50. The van der Waals surface area contributed by atoms with Crippen molar-refractivity contribution < 1.29 is 9.52 Å². The molecule has 1 aliphatic carbocycles. The van der Waals surface area contributed by atoms with Crippen molar-refractivity contribution in [1.29, 1.82) is 0 Å². The lowest BCUT2D eigenvalue weighted by atomic mass is 10.1. The van der Waals surface area contributed by atoms with Crippen LogP contribution in [0.25, 0.3) is 0 Å². The molecule has 96 valence electrons. The predicted octanol–water partition coefficient (Wildman–Crippen LogP) is 0.529. The first-order valence-corrected chi connectivity index (χ1v) is 5.93. The van der Waals surface area contributed by atoms with E-state index in [0.717, 1.165) is 0 Å². The molecule has 2 N–H and O–H groups in total. The highest BCUT2D eigenvalue weighted by Crippen LogP contribution is 2.19. The van der Waals surface area contributed by atoms with Crippen molar-refractivity contribution in [1.82, 2.24) is 15.5 Å². The molecule has 17 heavy (non-hydrogen) atoms. The van der Waals surface area contributed by atoms with Crippen LogP contribution >= 0.6 is 0 Å². The summed E-state index contributed by atoms with van der Waals surface area (Å²) in [7, 11) is 1.82. The average Bonchev–Trinajstić information content (AvgIpc) is 2.90. The molecular formula is C11H20N4O2. The van der Waals surface area contributed by atoms with E-state index in [4.69, 9.17) is 4.42 Å². The molecule has 0 aliphatic heterocycles. The summed E-state index contributed by atoms with van der Waals surface area (Å²) in [6.45, 7) is 4.56. The van der Waals surface area contributed by atoms with Crippen molar-refractivity contribution in [2.45, 2.75) is 44.9 Å². The lowest BCUT2D eigenvalue weighted by Gasteiger charge is -2.23. The van der Waals surface area contributed by atoms with Crippen LogP contribution in [-0.2, 0) is 6.54 Å². The minimum Gasteiger partial charge on any atom is -0.407 e. The van der Waals surface area contributed by atoms with E-state index < -0.39 is 5.60 Å². The standard InChI is InChI=1S/C11H20N4O2/c1-11(2,16)7-15(3)10-14-13-9(17-10)6-12-8-4-5-8/h8,12,16H,4-7H2,1-3H3. The van der Waals surface area contributed by atoms with E-state index in [0.29, 0.717) is 31.0 Å². The van der Waals surface area contributed by atoms with E-state index in [2.05, 4.69) is 15.5 Å². The number of aromatic nitrogens is 2. The zero-order valence-electron chi connectivity index (χ0n) is 10.6. The van der Waals surface area contributed by atoms with Gasteiger partial charge in [0.15, 0.2) is 0 Å². The molecule has 6 nitrogen and oxygen atoms in total. The third-order valence-electron chi connectivity index (χ3n) is 2.53. The highest BCUT2D eigenvalue weighted by atomic mass is 16.4. The van der Waals surface area contributed by atoms with Gasteiger partial charge in [-0.15, -0.1) is 5.10 Å². The van der Waals surface area contributed by atoms with Crippen LogP contribution in [0.4, 0.5) is 6.01 Å². The summed E-state index contributed by atoms with van der Waals surface area (Å²) >= 11 is 0. The number of hydrogen-bond acceptors (Lipinski definition) is 6. The molecule has 0 spiro atoms. The van der Waals surface area contributed by atoms with E-state index >= 15 is 0 Å². The third kappa shape index (κ3) is 3.98. The van der Waals surface area contributed by atoms with Crippen molar-refractivity contribution in [3.63, 3.8) is 0 Å². The number of rotatable bonds is 6. The molecule has 0 saturated heterocycles. The van der Waals surface area contributed by atoms with Crippen molar-refractivity contribution in [3.8, 4) is 0 Å². The van der Waals surface area contributed by atoms with E-state index in [1.165, 1.54) is 12.8 Å². The summed E-state index contributed by atoms with van der Waals surface area (Å²) in [6.07, 6.45) is 2.47. The number of nitrogens with zero attached hydrogens (tertiary/aromatic N) is 3. The summed E-state index contributed by atoms with van der Waals surface area (Å²) in [5.74, 6) is 0.592. The van der Waals surface area contributed by atoms with Gasteiger partial charge in [-0.25, -0.2) is 0 Å². The predicted molar refractivity (Wildman–Crippen MR) is 63.7 cm³/mol. The minimum atomic E-state index is -0.782. The fourth-order valence-corrected chi connectivity index (χ4v) is 1.64. The molecule has 1 aromatic rings. The van der Waals surface area contributed by atoms with Gasteiger partial charge in [0.05, 0.1) is 18.7 Å². The topological polar surface area (TPSA) is 74.4 Å². The Kier molecular flexibility index (Phi) is 3.35. The second-order valence-electron chi connectivity index (χ2n) is 5.30. The van der Waals surface area contributed by atoms with Gasteiger partial charge in [-0.05, 0) is 26.7 Å². The molecular weight excluding hydrogens is 220 g/mol. The summed E-state index contributed by atoms with van der Waals surface area (Å²) in [5.41, 5.74) is -0.782. The van der Waals surface area contributed by atoms with Gasteiger partial charge >= 0.3 is 6.01 Å². The van der Waals surface area contributed by atoms with Crippen LogP contribution in [0.2, 0.25) is 0 Å². The van der Waals surface area contributed by atoms with Gasteiger partial charge in [-0.1, -0.05) is 5.10 Å². The minimum absolute atomic E-state index is 0.444. The molecule has 0 unspecified atom stereocenters. The van der Waals surface area contributed by atoms with Gasteiger partial charge in [-0.2, -0.15) is 0 Å². The first-order valence-electron chi connectivity index (χ1n) is 5.93. The molecule has 0 atom stereocenters. The molecule has 2 rings (SSSR count). The summed E-state index contributed by atoms with van der Waals surface area (Å²) in [5, 5.41) is 20.9. The highest BCUT2D eigenvalue weighted by molar-refractivity contribution is 5.22. The normalized spacial score (nSPS) is 16.2. The van der Waals surface area contributed by atoms with Gasteiger partial charge < -0.3 is 19.7 Å². The van der Waals surface area contributed by atoms with Crippen LogP contribution in [0.5, 0.6) is 0 Å². The lowest BCUT2D eigenvalue weighted by Crippen LogP contribution is -2.36. The molecule has 1 aliphatic rings. The van der Waals surface area contributed by atoms with Crippen LogP contribution in [0, 0.1) is 0 Å². The van der Waals surface area contributed by atoms with Crippen LogP contribution in [-0.4, -0.2) is 40.5 Å². The van der Waals surface area contributed by atoms with Crippen molar-refractivity contribution in [3.05, 3.63) is 5.89 Å². The monoisotopic (exact) mass is 240 g/mol. The first kappa shape index (κ1) is 12.3. The Morgan fingerprint density at radius 1 is 1.47 bits per heavy atom. The number of anilines is 1. The smallest absolute Gasteiger partial charge is 0.318 e. The Balaban J connectivity index is 1.87. The molecule has 0 radical (unpaired) electrons. The summed E-state index contributed by atoms with van der Waals surface area (Å²) in [4.78, 5) is 1.76. The Morgan fingerprint density at radius 3 is 2.76 bits per heavy atom. The zero-order valence-corrected chi connectivity index (χ0v) is 10.6. The van der Waals surface area contributed by atoms with E-state index in [9.17, 15) is 5.11 Å². The van der Waals surface area contributed by atoms with E-state index in [1.807, 2.05) is 7.05 Å². The van der Waals surface area contributed by atoms with Crippen LogP contribution < -0.4 is 10.2 Å². The van der Waals surface area contributed by atoms with Gasteiger partial charge in [-0.3, -0.25) is 0 Å². The molecule has 1 heterocycles. The van der Waals surface area contributed by atoms with Gasteiger partial charge in [0.1, 0.15) is 0 Å². The average molecular weight is 240 g/mol. The van der Waals surface area contributed by atoms with E-state index in [-0.39, 0.29) is 0 Å². The number of hydrogen-bond donors (Lipinski definition) is 2. The highest BCUT2D eigenvalue weighted by Gasteiger charge is 2.22. The largest absolute Gasteiger partial charge is 0.407 e.